The molecule has 0 fully saturated rings. The Balaban J connectivity index is 3.24. The van der Waals surface area contributed by atoms with Gasteiger partial charge in [0.15, 0.2) is 0 Å². The van der Waals surface area contributed by atoms with Crippen LogP contribution in [0.4, 0.5) is 4.79 Å². The number of methoxy groups -OCH3 is 1. The first kappa shape index (κ1) is 9.81. The van der Waals surface area contributed by atoms with Crippen molar-refractivity contribution in [2.45, 2.75) is 6.92 Å². The summed E-state index contributed by atoms with van der Waals surface area (Å²) >= 11 is 0. The van der Waals surface area contributed by atoms with Crippen LogP contribution >= 0.6 is 0 Å². The van der Waals surface area contributed by atoms with Crippen molar-refractivity contribution in [2.75, 3.05) is 20.3 Å². The lowest BCUT2D eigenvalue weighted by molar-refractivity contribution is 0.0670. The van der Waals surface area contributed by atoms with E-state index in [-0.39, 0.29) is 6.61 Å². The highest BCUT2D eigenvalue weighted by atomic mass is 16.7. The van der Waals surface area contributed by atoms with Crippen LogP contribution in [0.3, 0.4) is 0 Å². The molecule has 0 spiro atoms. The molecule has 64 valence electrons. The Bertz CT molecular complexity index is 130. The van der Waals surface area contributed by atoms with Crippen LogP contribution in [0.25, 0.3) is 0 Å². The third-order valence-electron chi connectivity index (χ3n) is 0.792. The average molecular weight is 160 g/mol. The van der Waals surface area contributed by atoms with Gasteiger partial charge in [0.2, 0.25) is 0 Å². The number of rotatable bonds is 4. The lowest BCUT2D eigenvalue weighted by Gasteiger charge is -1.99. The molecule has 0 aromatic rings. The van der Waals surface area contributed by atoms with Crippen molar-refractivity contribution in [3.63, 3.8) is 0 Å². The Morgan fingerprint density at radius 3 is 2.73 bits per heavy atom. The van der Waals surface area contributed by atoms with E-state index in [0.29, 0.717) is 6.61 Å². The number of ether oxygens (including phenoxy) is 3. The summed E-state index contributed by atoms with van der Waals surface area (Å²) in [6, 6.07) is 0. The molecule has 4 nitrogen and oxygen atoms in total. The van der Waals surface area contributed by atoms with Gasteiger partial charge in [0.05, 0.1) is 20.0 Å². The van der Waals surface area contributed by atoms with Crippen LogP contribution in [-0.2, 0) is 14.2 Å². The lowest BCUT2D eigenvalue weighted by Crippen LogP contribution is -2.06. The van der Waals surface area contributed by atoms with Gasteiger partial charge < -0.3 is 14.2 Å². The zero-order chi connectivity index (χ0) is 8.53. The molecule has 0 N–H and O–H groups in total. The highest BCUT2D eigenvalue weighted by Crippen LogP contribution is 1.85. The van der Waals surface area contributed by atoms with E-state index in [2.05, 4.69) is 14.2 Å². The molecule has 0 aromatic heterocycles. The fourth-order valence-corrected chi connectivity index (χ4v) is 0.411. The van der Waals surface area contributed by atoms with Crippen molar-refractivity contribution in [2.24, 2.45) is 0 Å². The molecule has 4 heteroatoms. The van der Waals surface area contributed by atoms with Crippen LogP contribution in [0.2, 0.25) is 0 Å². The third kappa shape index (κ3) is 6.70. The van der Waals surface area contributed by atoms with Crippen LogP contribution in [0.5, 0.6) is 0 Å². The molecule has 0 amide bonds. The summed E-state index contributed by atoms with van der Waals surface area (Å²) in [5, 5.41) is 0. The van der Waals surface area contributed by atoms with Crippen molar-refractivity contribution in [3.05, 3.63) is 12.3 Å². The molecule has 0 rings (SSSR count). The number of hydrogen-bond acceptors (Lipinski definition) is 4. The quantitative estimate of drug-likeness (QED) is 0.459. The van der Waals surface area contributed by atoms with Gasteiger partial charge in [0.1, 0.15) is 6.61 Å². The van der Waals surface area contributed by atoms with E-state index in [1.165, 1.54) is 13.4 Å². The van der Waals surface area contributed by atoms with Gasteiger partial charge in [-0.1, -0.05) is 0 Å². The Kier molecular flexibility index (Phi) is 6.17. The maximum Gasteiger partial charge on any atom is 0.508 e. The fraction of sp³-hybridized carbons (Fsp3) is 0.571. The van der Waals surface area contributed by atoms with Gasteiger partial charge in [-0.15, -0.1) is 0 Å². The summed E-state index contributed by atoms with van der Waals surface area (Å²) < 4.78 is 13.6. The largest absolute Gasteiger partial charge is 0.508 e. The van der Waals surface area contributed by atoms with E-state index in [0.717, 1.165) is 0 Å². The Morgan fingerprint density at radius 1 is 1.45 bits per heavy atom. The molecule has 0 aromatic carbocycles. The van der Waals surface area contributed by atoms with Crippen molar-refractivity contribution in [3.8, 4) is 0 Å². The molecule has 0 aliphatic heterocycles. The van der Waals surface area contributed by atoms with E-state index in [4.69, 9.17) is 0 Å². The fourth-order valence-electron chi connectivity index (χ4n) is 0.411. The Labute approximate surface area is 65.7 Å². The lowest BCUT2D eigenvalue weighted by atomic mass is 10.7. The molecule has 0 saturated heterocycles. The number of hydrogen-bond donors (Lipinski definition) is 0. The van der Waals surface area contributed by atoms with E-state index in [1.54, 1.807) is 13.0 Å². The molecule has 0 heterocycles. The summed E-state index contributed by atoms with van der Waals surface area (Å²) in [6.07, 6.45) is 2.34. The maximum absolute atomic E-state index is 10.5. The first-order valence-electron chi connectivity index (χ1n) is 3.28. The molecule has 0 bridgehead atoms. The Hall–Kier alpha value is -1.19. The predicted octanol–water partition coefficient (Wildman–Crippen LogP) is 1.32. The SMILES string of the molecule is CCOC(=O)OC/C=C/OC. The van der Waals surface area contributed by atoms with Crippen LogP contribution in [0.15, 0.2) is 12.3 Å². The zero-order valence-corrected chi connectivity index (χ0v) is 6.70. The van der Waals surface area contributed by atoms with E-state index >= 15 is 0 Å². The van der Waals surface area contributed by atoms with Gasteiger partial charge >= 0.3 is 6.16 Å². The van der Waals surface area contributed by atoms with Gasteiger partial charge in [-0.05, 0) is 13.0 Å². The monoisotopic (exact) mass is 160 g/mol. The maximum atomic E-state index is 10.5. The van der Waals surface area contributed by atoms with Crippen molar-refractivity contribution < 1.29 is 19.0 Å². The molecule has 0 unspecified atom stereocenters. The van der Waals surface area contributed by atoms with Gasteiger partial charge in [-0.2, -0.15) is 0 Å². The van der Waals surface area contributed by atoms with Crippen molar-refractivity contribution in [1.82, 2.24) is 0 Å². The van der Waals surface area contributed by atoms with Crippen LogP contribution in [-0.4, -0.2) is 26.5 Å². The second-order valence-corrected chi connectivity index (χ2v) is 1.60. The van der Waals surface area contributed by atoms with E-state index in [9.17, 15) is 4.79 Å². The number of carbonyl (C=O) groups excluding carboxylic acids is 1. The molecular weight excluding hydrogens is 148 g/mol. The smallest absolute Gasteiger partial charge is 0.505 e. The average Bonchev–Trinajstić information content (AvgIpc) is 1.99. The zero-order valence-electron chi connectivity index (χ0n) is 6.70. The van der Waals surface area contributed by atoms with Crippen LogP contribution in [0.1, 0.15) is 6.92 Å². The minimum atomic E-state index is -0.659. The van der Waals surface area contributed by atoms with E-state index in [1.807, 2.05) is 0 Å². The minimum absolute atomic E-state index is 0.173. The molecule has 11 heavy (non-hydrogen) atoms. The summed E-state index contributed by atoms with van der Waals surface area (Å²) in [5.74, 6) is 0. The highest BCUT2D eigenvalue weighted by Gasteiger charge is 1.97. The highest BCUT2D eigenvalue weighted by molar-refractivity contribution is 5.59. The summed E-state index contributed by atoms with van der Waals surface area (Å²) in [4.78, 5) is 10.5. The molecule has 0 aliphatic carbocycles. The number of carbonyl (C=O) groups is 1. The van der Waals surface area contributed by atoms with Gasteiger partial charge in [0, 0.05) is 0 Å². The molecule has 0 aliphatic rings. The second-order valence-electron chi connectivity index (χ2n) is 1.60. The standard InChI is InChI=1S/C7H12O4/c1-3-10-7(8)11-6-4-5-9-2/h4-5H,3,6H2,1-2H3/b5-4+. The Morgan fingerprint density at radius 2 is 2.18 bits per heavy atom. The molecule has 0 saturated carbocycles. The van der Waals surface area contributed by atoms with Gasteiger partial charge in [-0.25, -0.2) is 4.79 Å². The van der Waals surface area contributed by atoms with E-state index < -0.39 is 6.16 Å². The molecular formula is C7H12O4. The van der Waals surface area contributed by atoms with Crippen molar-refractivity contribution >= 4 is 6.16 Å². The first-order valence-corrected chi connectivity index (χ1v) is 3.28. The molecule has 0 radical (unpaired) electrons. The molecule has 0 atom stereocenters. The van der Waals surface area contributed by atoms with Gasteiger partial charge in [0.25, 0.3) is 0 Å². The normalized spacial score (nSPS) is 9.64. The second kappa shape index (κ2) is 6.92. The van der Waals surface area contributed by atoms with Gasteiger partial charge in [-0.3, -0.25) is 0 Å². The topological polar surface area (TPSA) is 44.8 Å². The predicted molar refractivity (Wildman–Crippen MR) is 39.1 cm³/mol. The first-order chi connectivity index (χ1) is 5.31. The third-order valence-corrected chi connectivity index (χ3v) is 0.792. The summed E-state index contributed by atoms with van der Waals surface area (Å²) in [5.41, 5.74) is 0. The summed E-state index contributed by atoms with van der Waals surface area (Å²) in [6.45, 7) is 2.21. The van der Waals surface area contributed by atoms with Crippen LogP contribution in [0, 0.1) is 0 Å². The summed E-state index contributed by atoms with van der Waals surface area (Å²) in [7, 11) is 1.51. The van der Waals surface area contributed by atoms with Crippen molar-refractivity contribution in [1.29, 1.82) is 0 Å². The minimum Gasteiger partial charge on any atom is -0.505 e. The van der Waals surface area contributed by atoms with Crippen LogP contribution < -0.4 is 0 Å².